The summed E-state index contributed by atoms with van der Waals surface area (Å²) in [6.45, 7) is 5.17. The summed E-state index contributed by atoms with van der Waals surface area (Å²) in [6, 6.07) is 30.0. The molecule has 1 atom stereocenters. The monoisotopic (exact) mass is 560 g/mol. The zero-order chi connectivity index (χ0) is 29.5. The molecule has 1 aliphatic rings. The molecule has 1 unspecified atom stereocenters. The number of carbonyl (C=O) groups is 1. The number of aryl methyl sites for hydroxylation is 1. The van der Waals surface area contributed by atoms with E-state index in [0.29, 0.717) is 47.3 Å². The Morgan fingerprint density at radius 2 is 1.69 bits per heavy atom. The lowest BCUT2D eigenvalue weighted by Gasteiger charge is -2.26. The summed E-state index contributed by atoms with van der Waals surface area (Å²) in [5.41, 5.74) is 10.7. The van der Waals surface area contributed by atoms with Gasteiger partial charge in [-0.05, 0) is 60.9 Å². The van der Waals surface area contributed by atoms with E-state index in [0.717, 1.165) is 29.5 Å². The van der Waals surface area contributed by atoms with Crippen LogP contribution in [-0.2, 0) is 6.61 Å². The minimum Gasteiger partial charge on any atom is -0.494 e. The lowest BCUT2D eigenvalue weighted by Crippen LogP contribution is -2.21. The number of nitriles is 1. The van der Waals surface area contributed by atoms with Crippen LogP contribution in [0, 0.1) is 18.3 Å². The molecule has 0 radical (unpaired) electrons. The first kappa shape index (κ1) is 28.3. The fourth-order valence-corrected chi connectivity index (χ4v) is 4.66. The number of benzene rings is 4. The third-order valence-corrected chi connectivity index (χ3v) is 6.98. The van der Waals surface area contributed by atoms with Crippen molar-refractivity contribution in [3.8, 4) is 29.1 Å². The van der Waals surface area contributed by atoms with Crippen molar-refractivity contribution in [2.75, 3.05) is 6.61 Å². The Labute approximate surface area is 245 Å². The van der Waals surface area contributed by atoms with Crippen molar-refractivity contribution in [1.82, 2.24) is 0 Å². The zero-order valence-corrected chi connectivity index (χ0v) is 23.6. The molecule has 0 fully saturated rings. The van der Waals surface area contributed by atoms with Crippen LogP contribution in [0.5, 0.6) is 23.0 Å². The second-order valence-electron chi connectivity index (χ2n) is 10.1. The maximum absolute atomic E-state index is 12.9. The van der Waals surface area contributed by atoms with Crippen LogP contribution in [0.3, 0.4) is 0 Å². The van der Waals surface area contributed by atoms with Gasteiger partial charge in [0.25, 0.3) is 0 Å². The highest BCUT2D eigenvalue weighted by molar-refractivity contribution is 5.91. The summed E-state index contributed by atoms with van der Waals surface area (Å²) in [5.74, 6) is 1.07. The van der Waals surface area contributed by atoms with Crippen molar-refractivity contribution in [3.05, 3.63) is 130 Å². The summed E-state index contributed by atoms with van der Waals surface area (Å²) >= 11 is 0. The normalized spacial score (nSPS) is 13.9. The van der Waals surface area contributed by atoms with Crippen molar-refractivity contribution in [3.63, 3.8) is 0 Å². The number of unbranched alkanes of at least 4 members (excludes halogenated alkanes) is 1. The lowest BCUT2D eigenvalue weighted by atomic mass is 9.83. The number of nitrogens with zero attached hydrogens (tertiary/aromatic N) is 1. The molecule has 4 aromatic rings. The van der Waals surface area contributed by atoms with Crippen LogP contribution in [0.1, 0.15) is 58.3 Å². The number of carbonyl (C=O) groups excluding carboxylic acids is 1. The summed E-state index contributed by atoms with van der Waals surface area (Å²) in [4.78, 5) is 12.9. The molecule has 5 rings (SSSR count). The molecule has 0 aliphatic carbocycles. The van der Waals surface area contributed by atoms with Gasteiger partial charge >= 0.3 is 5.97 Å². The van der Waals surface area contributed by atoms with Gasteiger partial charge in [-0.1, -0.05) is 67.4 Å². The Morgan fingerprint density at radius 3 is 2.43 bits per heavy atom. The first-order valence-electron chi connectivity index (χ1n) is 13.9. The Morgan fingerprint density at radius 1 is 0.929 bits per heavy atom. The molecular formula is C35H32N2O5. The zero-order valence-electron chi connectivity index (χ0n) is 23.6. The van der Waals surface area contributed by atoms with Crippen LogP contribution < -0.4 is 24.7 Å². The van der Waals surface area contributed by atoms with Gasteiger partial charge in [0.15, 0.2) is 0 Å². The van der Waals surface area contributed by atoms with Gasteiger partial charge in [0, 0.05) is 11.6 Å². The van der Waals surface area contributed by atoms with Crippen LogP contribution in [0.2, 0.25) is 0 Å². The van der Waals surface area contributed by atoms with E-state index >= 15 is 0 Å². The maximum Gasteiger partial charge on any atom is 0.343 e. The SMILES string of the molecule is CCCCOc1cccc(C(=O)Oc2ccc3c(c2)OC(N)=C(C#N)C3c2ccc(OCc3ccc(C)cc3)cc2)c1. The minimum absolute atomic E-state index is 0.00935. The lowest BCUT2D eigenvalue weighted by molar-refractivity contribution is 0.0734. The molecule has 1 aliphatic heterocycles. The maximum atomic E-state index is 12.9. The summed E-state index contributed by atoms with van der Waals surface area (Å²) < 4.78 is 23.1. The van der Waals surface area contributed by atoms with Gasteiger partial charge in [0.05, 0.1) is 18.1 Å². The molecule has 2 N–H and O–H groups in total. The number of hydrogen-bond donors (Lipinski definition) is 1. The van der Waals surface area contributed by atoms with Crippen LogP contribution in [-0.4, -0.2) is 12.6 Å². The van der Waals surface area contributed by atoms with Crippen LogP contribution in [0.4, 0.5) is 0 Å². The van der Waals surface area contributed by atoms with E-state index in [2.05, 4.69) is 25.1 Å². The highest BCUT2D eigenvalue weighted by Gasteiger charge is 2.31. The molecule has 7 nitrogen and oxygen atoms in total. The van der Waals surface area contributed by atoms with E-state index in [9.17, 15) is 10.1 Å². The topological polar surface area (TPSA) is 104 Å². The van der Waals surface area contributed by atoms with Gasteiger partial charge < -0.3 is 24.7 Å². The van der Waals surface area contributed by atoms with Crippen molar-refractivity contribution in [2.45, 2.75) is 39.2 Å². The molecule has 0 saturated carbocycles. The number of rotatable bonds is 10. The minimum atomic E-state index is -0.522. The van der Waals surface area contributed by atoms with Gasteiger partial charge in [-0.15, -0.1) is 0 Å². The summed E-state index contributed by atoms with van der Waals surface area (Å²) in [7, 11) is 0. The Hall–Kier alpha value is -5.22. The van der Waals surface area contributed by atoms with E-state index < -0.39 is 11.9 Å². The molecule has 0 spiro atoms. The fourth-order valence-electron chi connectivity index (χ4n) is 4.66. The van der Waals surface area contributed by atoms with E-state index in [4.69, 9.17) is 24.7 Å². The molecule has 42 heavy (non-hydrogen) atoms. The van der Waals surface area contributed by atoms with Gasteiger partial charge in [-0.2, -0.15) is 5.26 Å². The fraction of sp³-hybridized carbons (Fsp3) is 0.200. The van der Waals surface area contributed by atoms with Gasteiger partial charge in [0.2, 0.25) is 5.88 Å². The third-order valence-electron chi connectivity index (χ3n) is 6.98. The summed E-state index contributed by atoms with van der Waals surface area (Å²) in [6.07, 6.45) is 1.95. The van der Waals surface area contributed by atoms with E-state index in [1.165, 1.54) is 5.56 Å². The number of hydrogen-bond acceptors (Lipinski definition) is 7. The van der Waals surface area contributed by atoms with Crippen molar-refractivity contribution < 1.29 is 23.7 Å². The standard InChI is InChI=1S/C35H32N2O5/c1-3-4-18-39-28-7-5-6-26(19-28)35(38)41-29-16-17-30-32(20-29)42-34(37)31(21-36)33(30)25-12-14-27(15-13-25)40-22-24-10-8-23(2)9-11-24/h5-17,19-20,33H,3-4,18,22,37H2,1-2H3. The van der Waals surface area contributed by atoms with Crippen LogP contribution >= 0.6 is 0 Å². The molecule has 0 saturated heterocycles. The van der Waals surface area contributed by atoms with Gasteiger partial charge in [0.1, 0.15) is 41.2 Å². The van der Waals surface area contributed by atoms with Gasteiger partial charge in [-0.3, -0.25) is 0 Å². The van der Waals surface area contributed by atoms with Crippen LogP contribution in [0.25, 0.3) is 0 Å². The predicted octanol–water partition coefficient (Wildman–Crippen LogP) is 7.19. The number of allylic oxidation sites excluding steroid dienone is 1. The Balaban J connectivity index is 1.32. The molecular weight excluding hydrogens is 528 g/mol. The number of esters is 1. The van der Waals surface area contributed by atoms with Crippen molar-refractivity contribution in [1.29, 1.82) is 5.26 Å². The van der Waals surface area contributed by atoms with E-state index in [-0.39, 0.29) is 5.88 Å². The smallest absolute Gasteiger partial charge is 0.343 e. The Bertz CT molecular complexity index is 1640. The van der Waals surface area contributed by atoms with Crippen LogP contribution in [0.15, 0.2) is 102 Å². The highest BCUT2D eigenvalue weighted by atomic mass is 16.5. The van der Waals surface area contributed by atoms with Crippen molar-refractivity contribution in [2.24, 2.45) is 5.73 Å². The summed E-state index contributed by atoms with van der Waals surface area (Å²) in [5, 5.41) is 9.92. The van der Waals surface area contributed by atoms with E-state index in [1.54, 1.807) is 36.4 Å². The number of ether oxygens (including phenoxy) is 4. The predicted molar refractivity (Wildman–Crippen MR) is 159 cm³/mol. The van der Waals surface area contributed by atoms with Gasteiger partial charge in [-0.25, -0.2) is 4.79 Å². The molecule has 7 heteroatoms. The molecule has 1 heterocycles. The average molecular weight is 561 g/mol. The average Bonchev–Trinajstić information content (AvgIpc) is 3.00. The Kier molecular flexibility index (Phi) is 8.74. The molecule has 0 aromatic heterocycles. The first-order chi connectivity index (χ1) is 20.4. The largest absolute Gasteiger partial charge is 0.494 e. The highest BCUT2D eigenvalue weighted by Crippen LogP contribution is 2.43. The number of fused-ring (bicyclic) bond motifs is 1. The second-order valence-corrected chi connectivity index (χ2v) is 10.1. The molecule has 0 amide bonds. The number of nitrogens with two attached hydrogens (primary N) is 1. The van der Waals surface area contributed by atoms with E-state index in [1.807, 2.05) is 49.4 Å². The molecule has 212 valence electrons. The first-order valence-corrected chi connectivity index (χ1v) is 13.9. The third kappa shape index (κ3) is 6.56. The van der Waals surface area contributed by atoms with Crippen molar-refractivity contribution >= 4 is 5.97 Å². The molecule has 0 bridgehead atoms. The second kappa shape index (κ2) is 13.0. The quantitative estimate of drug-likeness (QED) is 0.124. The molecule has 4 aromatic carbocycles.